The smallest absolute Gasteiger partial charge is 0.305 e. The molecule has 198 valence electrons. The van der Waals surface area contributed by atoms with Crippen molar-refractivity contribution in [1.29, 1.82) is 0 Å². The lowest BCUT2D eigenvalue weighted by Gasteiger charge is -2.19. The molecule has 10 heteroatoms. The van der Waals surface area contributed by atoms with Crippen LogP contribution in [0.2, 0.25) is 0 Å². The third-order valence-electron chi connectivity index (χ3n) is 6.46. The number of amides is 1. The van der Waals surface area contributed by atoms with Crippen molar-refractivity contribution in [1.82, 2.24) is 15.3 Å². The van der Waals surface area contributed by atoms with Crippen LogP contribution in [0.25, 0.3) is 17.3 Å². The number of hydrogen-bond acceptors (Lipinski definition) is 6. The maximum atomic E-state index is 13.7. The second kappa shape index (κ2) is 12.1. The summed E-state index contributed by atoms with van der Waals surface area (Å²) in [4.78, 5) is 32.5. The van der Waals surface area contributed by atoms with E-state index in [-0.39, 0.29) is 24.1 Å². The fourth-order valence-electron chi connectivity index (χ4n) is 4.62. The third-order valence-corrected chi connectivity index (χ3v) is 7.32. The molecule has 0 saturated carbocycles. The molecule has 3 aromatic rings. The number of aliphatic carboxylic acids is 1. The zero-order valence-corrected chi connectivity index (χ0v) is 22.7. The lowest BCUT2D eigenvalue weighted by molar-refractivity contribution is -0.139. The average molecular weight is 631 g/mol. The molecule has 0 bridgehead atoms. The highest BCUT2D eigenvalue weighted by molar-refractivity contribution is 14.1. The van der Waals surface area contributed by atoms with Crippen molar-refractivity contribution in [2.45, 2.75) is 43.8 Å². The molecule has 0 aliphatic heterocycles. The molecular weight excluding hydrogens is 604 g/mol. The molecule has 8 nitrogen and oxygen atoms in total. The number of carbonyl (C=O) groups is 2. The lowest BCUT2D eigenvalue weighted by Crippen LogP contribution is -2.19. The molecule has 1 aliphatic carbocycles. The second-order valence-electron chi connectivity index (χ2n) is 9.13. The minimum atomic E-state index is -1.16. The van der Waals surface area contributed by atoms with Crippen molar-refractivity contribution in [3.05, 3.63) is 86.1 Å². The van der Waals surface area contributed by atoms with Crippen LogP contribution in [-0.2, 0) is 11.2 Å². The first kappa shape index (κ1) is 27.8. The summed E-state index contributed by atoms with van der Waals surface area (Å²) < 4.78 is 14.4. The van der Waals surface area contributed by atoms with Crippen molar-refractivity contribution >= 4 is 40.5 Å². The van der Waals surface area contributed by atoms with Gasteiger partial charge in [-0.2, -0.15) is 0 Å². The number of rotatable bonds is 8. The van der Waals surface area contributed by atoms with Gasteiger partial charge in [-0.05, 0) is 76.9 Å². The van der Waals surface area contributed by atoms with Crippen LogP contribution in [0.4, 0.5) is 4.39 Å². The monoisotopic (exact) mass is 631 g/mol. The van der Waals surface area contributed by atoms with Crippen molar-refractivity contribution < 1.29 is 29.3 Å². The van der Waals surface area contributed by atoms with Crippen LogP contribution < -0.4 is 5.32 Å². The molecule has 0 radical (unpaired) electrons. The minimum absolute atomic E-state index is 0.108. The summed E-state index contributed by atoms with van der Waals surface area (Å²) in [6.45, 7) is 0. The van der Waals surface area contributed by atoms with E-state index >= 15 is 0 Å². The van der Waals surface area contributed by atoms with Crippen LogP contribution in [0.15, 0.2) is 48.5 Å². The number of carbonyl (C=O) groups excluding carboxylic acids is 1. The van der Waals surface area contributed by atoms with E-state index in [0.717, 1.165) is 33.6 Å². The molecular formula is C28H27FIN3O5. The normalized spacial score (nSPS) is 16.3. The van der Waals surface area contributed by atoms with Crippen LogP contribution >= 0.6 is 22.6 Å². The van der Waals surface area contributed by atoms with Crippen molar-refractivity contribution in [2.24, 2.45) is 0 Å². The van der Waals surface area contributed by atoms with Gasteiger partial charge >= 0.3 is 5.97 Å². The first-order valence-corrected chi connectivity index (χ1v) is 13.2. The minimum Gasteiger partial charge on any atom is -0.481 e. The van der Waals surface area contributed by atoms with Gasteiger partial charge in [-0.15, -0.1) is 0 Å². The largest absolute Gasteiger partial charge is 0.481 e. The highest BCUT2D eigenvalue weighted by Crippen LogP contribution is 2.41. The molecule has 2 aromatic heterocycles. The van der Waals surface area contributed by atoms with E-state index in [1.54, 1.807) is 31.3 Å². The molecule has 1 aromatic carbocycles. The fourth-order valence-corrected chi connectivity index (χ4v) is 5.19. The summed E-state index contributed by atoms with van der Waals surface area (Å²) in [5.74, 6) is -1.86. The Labute approximate surface area is 232 Å². The number of nitrogens with one attached hydrogen (secondary N) is 1. The quantitative estimate of drug-likeness (QED) is 0.219. The van der Waals surface area contributed by atoms with Crippen molar-refractivity contribution in [3.8, 4) is 11.3 Å². The first-order valence-electron chi connectivity index (χ1n) is 12.1. The van der Waals surface area contributed by atoms with E-state index in [9.17, 15) is 24.2 Å². The summed E-state index contributed by atoms with van der Waals surface area (Å²) in [5.41, 5.74) is 5.19. The average Bonchev–Trinajstić information content (AvgIpc) is 3.03. The van der Waals surface area contributed by atoms with E-state index in [1.807, 2.05) is 12.1 Å². The molecule has 0 fully saturated rings. The molecule has 0 saturated heterocycles. The van der Waals surface area contributed by atoms with E-state index in [1.165, 1.54) is 18.2 Å². The number of hydrogen-bond donors (Lipinski definition) is 4. The first-order chi connectivity index (χ1) is 18.2. The fraction of sp³-hybridized carbons (Fsp3) is 0.286. The SMILES string of the molecule is CNC(=O)c1ccc2c(n1)CCC(c1ccc(F)cc1)c1cc(/C=C/[C@@H](O)C[C@@H](O)CC(=O)O)c(I)nc1-2. The Hall–Kier alpha value is -3.22. The number of aromatic nitrogens is 2. The Kier molecular flexibility index (Phi) is 8.85. The molecule has 1 aliphatic rings. The summed E-state index contributed by atoms with van der Waals surface area (Å²) in [6, 6.07) is 11.9. The maximum Gasteiger partial charge on any atom is 0.305 e. The highest BCUT2D eigenvalue weighted by atomic mass is 127. The van der Waals surface area contributed by atoms with Crippen LogP contribution in [0, 0.1) is 9.52 Å². The Balaban J connectivity index is 1.76. The van der Waals surface area contributed by atoms with E-state index < -0.39 is 24.6 Å². The van der Waals surface area contributed by atoms with Crippen LogP contribution in [-0.4, -0.2) is 56.4 Å². The van der Waals surface area contributed by atoms with Gasteiger partial charge in [0.25, 0.3) is 5.91 Å². The number of aryl methyl sites for hydroxylation is 1. The van der Waals surface area contributed by atoms with Crippen LogP contribution in [0.3, 0.4) is 0 Å². The Morgan fingerprint density at radius 1 is 1.18 bits per heavy atom. The van der Waals surface area contributed by atoms with Crippen molar-refractivity contribution in [2.75, 3.05) is 7.05 Å². The predicted molar refractivity (Wildman–Crippen MR) is 148 cm³/mol. The van der Waals surface area contributed by atoms with Crippen LogP contribution in [0.5, 0.6) is 0 Å². The number of aliphatic hydroxyl groups is 2. The molecule has 1 unspecified atom stereocenters. The molecule has 3 atom stereocenters. The van der Waals surface area contributed by atoms with E-state index in [2.05, 4.69) is 32.9 Å². The van der Waals surface area contributed by atoms with Gasteiger partial charge in [0, 0.05) is 30.5 Å². The Bertz CT molecular complexity index is 1380. The Morgan fingerprint density at radius 2 is 1.92 bits per heavy atom. The third kappa shape index (κ3) is 6.43. The van der Waals surface area contributed by atoms with Crippen LogP contribution in [0.1, 0.15) is 58.1 Å². The number of nitrogens with zero attached hydrogens (tertiary/aromatic N) is 2. The number of pyridine rings is 2. The molecule has 1 amide bonds. The molecule has 2 heterocycles. The van der Waals surface area contributed by atoms with Gasteiger partial charge in [0.05, 0.1) is 30.0 Å². The summed E-state index contributed by atoms with van der Waals surface area (Å²) in [6.07, 6.45) is 1.69. The van der Waals surface area contributed by atoms with Gasteiger partial charge in [0.1, 0.15) is 15.2 Å². The summed E-state index contributed by atoms with van der Waals surface area (Å²) in [7, 11) is 1.55. The Morgan fingerprint density at radius 3 is 2.61 bits per heavy atom. The number of benzene rings is 1. The summed E-state index contributed by atoms with van der Waals surface area (Å²) in [5, 5.41) is 31.6. The van der Waals surface area contributed by atoms with Gasteiger partial charge < -0.3 is 20.6 Å². The maximum absolute atomic E-state index is 13.7. The molecule has 4 rings (SSSR count). The number of carboxylic acids is 1. The zero-order chi connectivity index (χ0) is 27.4. The van der Waals surface area contributed by atoms with Gasteiger partial charge in [0.15, 0.2) is 0 Å². The topological polar surface area (TPSA) is 133 Å². The van der Waals surface area contributed by atoms with Crippen molar-refractivity contribution in [3.63, 3.8) is 0 Å². The van der Waals surface area contributed by atoms with Gasteiger partial charge in [0.2, 0.25) is 0 Å². The number of halogens is 2. The zero-order valence-electron chi connectivity index (χ0n) is 20.6. The number of aliphatic hydroxyl groups excluding tert-OH is 2. The van der Waals surface area contributed by atoms with Gasteiger partial charge in [-0.25, -0.2) is 14.4 Å². The highest BCUT2D eigenvalue weighted by Gasteiger charge is 2.27. The van der Waals surface area contributed by atoms with E-state index in [0.29, 0.717) is 22.2 Å². The standard InChI is InChI=1S/C28H27FIN3O5/c1-31-28(38)24-11-9-21-23(32-24)10-8-20(15-2-5-17(29)6-3-15)22-12-16(27(30)33-26(21)22)4-7-18(34)13-19(35)14-25(36)37/h2-7,9,11-12,18-20,34-35H,8,10,13-14H2,1H3,(H,31,38)(H,36,37)/b7-4+/t18-,19-,20?/m1/s1. The summed E-state index contributed by atoms with van der Waals surface area (Å²) >= 11 is 2.11. The molecule has 0 spiro atoms. The van der Waals surface area contributed by atoms with Gasteiger partial charge in [-0.1, -0.05) is 24.3 Å². The molecule has 4 N–H and O–H groups in total. The number of fused-ring (bicyclic) bond motifs is 3. The second-order valence-corrected chi connectivity index (χ2v) is 10.2. The van der Waals surface area contributed by atoms with Gasteiger partial charge in [-0.3, -0.25) is 9.59 Å². The molecule has 38 heavy (non-hydrogen) atoms. The lowest BCUT2D eigenvalue weighted by atomic mass is 9.87. The number of carboxylic acid groups (broad SMARTS) is 1. The predicted octanol–water partition coefficient (Wildman–Crippen LogP) is 3.92. The van der Waals surface area contributed by atoms with E-state index in [4.69, 9.17) is 10.1 Å².